The molecule has 1 aromatic heterocycles. The fourth-order valence-electron chi connectivity index (χ4n) is 3.81. The number of rotatable bonds is 1. The van der Waals surface area contributed by atoms with E-state index in [9.17, 15) is 4.79 Å². The van der Waals surface area contributed by atoms with Gasteiger partial charge in [0.15, 0.2) is 5.78 Å². The Hall–Kier alpha value is -2.36. The molecule has 1 aliphatic heterocycles. The third-order valence-electron chi connectivity index (χ3n) is 4.91. The van der Waals surface area contributed by atoms with E-state index in [1.807, 2.05) is 19.1 Å². The first kappa shape index (κ1) is 14.2. The molecule has 0 saturated carbocycles. The molecule has 4 heteroatoms. The number of carbonyl (C=O) groups is 1. The van der Waals surface area contributed by atoms with Gasteiger partial charge in [0.05, 0.1) is 5.70 Å². The van der Waals surface area contributed by atoms with Gasteiger partial charge < -0.3 is 0 Å². The van der Waals surface area contributed by atoms with Gasteiger partial charge in [-0.3, -0.25) is 9.78 Å². The molecule has 1 aromatic rings. The second kappa shape index (κ2) is 5.69. The molecule has 4 rings (SSSR count). The summed E-state index contributed by atoms with van der Waals surface area (Å²) >= 11 is 0. The van der Waals surface area contributed by atoms with Crippen LogP contribution in [0, 0.1) is 0 Å². The number of allylic oxidation sites excluding steroid dienone is 3. The minimum Gasteiger partial charge on any atom is -0.294 e. The molecule has 2 heterocycles. The first-order valence-corrected chi connectivity index (χ1v) is 8.25. The summed E-state index contributed by atoms with van der Waals surface area (Å²) in [4.78, 5) is 16.7. The highest BCUT2D eigenvalue weighted by atomic mass is 16.1. The maximum atomic E-state index is 12.7. The normalized spacial score (nSPS) is 25.7. The van der Waals surface area contributed by atoms with Gasteiger partial charge in [0, 0.05) is 36.4 Å². The van der Waals surface area contributed by atoms with Crippen LogP contribution in [-0.2, 0) is 4.79 Å². The Morgan fingerprint density at radius 1 is 1.17 bits per heavy atom. The molecule has 116 valence electrons. The van der Waals surface area contributed by atoms with Crippen molar-refractivity contribution in [1.82, 2.24) is 4.98 Å². The maximum absolute atomic E-state index is 12.7. The Balaban J connectivity index is 1.87. The molecule has 0 saturated heterocycles. The first-order valence-electron chi connectivity index (χ1n) is 8.25. The molecule has 1 unspecified atom stereocenters. The number of ketones is 1. The lowest BCUT2D eigenvalue weighted by Crippen LogP contribution is -2.15. The molecule has 0 amide bonds. The molecule has 0 radical (unpaired) electrons. The quantitative estimate of drug-likeness (QED) is 0.759. The van der Waals surface area contributed by atoms with E-state index in [-0.39, 0.29) is 11.8 Å². The fraction of sp³-hybridized carbons (Fsp3) is 0.368. The highest BCUT2D eigenvalue weighted by Gasteiger charge is 2.36. The van der Waals surface area contributed by atoms with Crippen molar-refractivity contribution in [3.63, 3.8) is 0 Å². The summed E-state index contributed by atoms with van der Waals surface area (Å²) in [7, 11) is 0. The third kappa shape index (κ3) is 2.29. The highest BCUT2D eigenvalue weighted by Crippen LogP contribution is 2.49. The Kier molecular flexibility index (Phi) is 3.52. The fourth-order valence-corrected chi connectivity index (χ4v) is 3.81. The summed E-state index contributed by atoms with van der Waals surface area (Å²) in [6, 6.07) is 3.90. The molecule has 23 heavy (non-hydrogen) atoms. The predicted octanol–water partition coefficient (Wildman–Crippen LogP) is 4.63. The summed E-state index contributed by atoms with van der Waals surface area (Å²) in [5.74, 6) is 0.289. The van der Waals surface area contributed by atoms with E-state index >= 15 is 0 Å². The van der Waals surface area contributed by atoms with Crippen molar-refractivity contribution in [2.24, 2.45) is 10.2 Å². The Bertz CT molecular complexity index is 784. The van der Waals surface area contributed by atoms with E-state index < -0.39 is 0 Å². The van der Waals surface area contributed by atoms with Crippen LogP contribution >= 0.6 is 0 Å². The molecule has 0 aromatic carbocycles. The van der Waals surface area contributed by atoms with Crippen molar-refractivity contribution in [2.75, 3.05) is 0 Å². The number of Topliss-reactive ketones (excluding diaryl/α,β-unsaturated/α-hetero) is 1. The average molecular weight is 305 g/mol. The topological polar surface area (TPSA) is 54.7 Å². The molecule has 2 aliphatic carbocycles. The minimum atomic E-state index is -0.0812. The molecule has 4 nitrogen and oxygen atoms in total. The van der Waals surface area contributed by atoms with Gasteiger partial charge in [0.25, 0.3) is 0 Å². The van der Waals surface area contributed by atoms with Crippen molar-refractivity contribution in [2.45, 2.75) is 45.1 Å². The van der Waals surface area contributed by atoms with E-state index in [4.69, 9.17) is 0 Å². The second-order valence-corrected chi connectivity index (χ2v) is 6.23. The van der Waals surface area contributed by atoms with Crippen molar-refractivity contribution in [3.05, 3.63) is 64.2 Å². The number of nitrogens with zero attached hydrogens (tertiary/aromatic N) is 3. The zero-order valence-corrected chi connectivity index (χ0v) is 13.2. The Morgan fingerprint density at radius 3 is 2.74 bits per heavy atom. The SMILES string of the molecule is CC=C1CC2=C(C3=C1C(=O)CCCC3)C(c1ccncc1)N=N2. The van der Waals surface area contributed by atoms with Gasteiger partial charge in [-0.1, -0.05) is 6.08 Å². The number of aromatic nitrogens is 1. The number of azo groups is 1. The summed E-state index contributed by atoms with van der Waals surface area (Å²) in [6.45, 7) is 2.01. The number of pyridine rings is 1. The van der Waals surface area contributed by atoms with Gasteiger partial charge in [0.2, 0.25) is 0 Å². The minimum absolute atomic E-state index is 0.0812. The van der Waals surface area contributed by atoms with E-state index in [2.05, 4.69) is 21.3 Å². The summed E-state index contributed by atoms with van der Waals surface area (Å²) in [5, 5.41) is 8.97. The molecule has 0 spiro atoms. The number of fused-ring (bicyclic) bond motifs is 1. The van der Waals surface area contributed by atoms with Crippen molar-refractivity contribution in [3.8, 4) is 0 Å². The van der Waals surface area contributed by atoms with Gasteiger partial charge in [-0.15, -0.1) is 0 Å². The monoisotopic (exact) mass is 305 g/mol. The molecular weight excluding hydrogens is 286 g/mol. The second-order valence-electron chi connectivity index (χ2n) is 6.23. The van der Waals surface area contributed by atoms with Crippen LogP contribution in [0.15, 0.2) is 68.8 Å². The molecular formula is C19H19N3O. The van der Waals surface area contributed by atoms with Gasteiger partial charge in [0.1, 0.15) is 6.04 Å². The Morgan fingerprint density at radius 2 is 1.96 bits per heavy atom. The van der Waals surface area contributed by atoms with Crippen molar-refractivity contribution >= 4 is 5.78 Å². The predicted molar refractivity (Wildman–Crippen MR) is 87.7 cm³/mol. The van der Waals surface area contributed by atoms with E-state index in [1.165, 1.54) is 11.1 Å². The molecule has 1 atom stereocenters. The van der Waals surface area contributed by atoms with Crippen LogP contribution in [0.4, 0.5) is 0 Å². The third-order valence-corrected chi connectivity index (χ3v) is 4.91. The first-order chi connectivity index (χ1) is 11.3. The van der Waals surface area contributed by atoms with Crippen molar-refractivity contribution < 1.29 is 4.79 Å². The smallest absolute Gasteiger partial charge is 0.163 e. The van der Waals surface area contributed by atoms with Crippen LogP contribution < -0.4 is 0 Å². The van der Waals surface area contributed by atoms with Gasteiger partial charge in [-0.25, -0.2) is 0 Å². The largest absolute Gasteiger partial charge is 0.294 e. The number of hydrogen-bond donors (Lipinski definition) is 0. The van der Waals surface area contributed by atoms with E-state index in [0.717, 1.165) is 48.1 Å². The standard InChI is InChI=1S/C19H19N3O/c1-2-12-11-15-18(14-5-3-4-6-16(23)17(12)14)19(22-21-15)13-7-9-20-10-8-13/h2,7-10,19H,3-6,11H2,1H3. The zero-order chi connectivity index (χ0) is 15.8. The van der Waals surface area contributed by atoms with E-state index in [1.54, 1.807) is 12.4 Å². The lowest BCUT2D eigenvalue weighted by molar-refractivity contribution is -0.115. The number of carbonyl (C=O) groups excluding carboxylic acids is 1. The maximum Gasteiger partial charge on any atom is 0.163 e. The lowest BCUT2D eigenvalue weighted by Gasteiger charge is -2.24. The molecule has 3 aliphatic rings. The average Bonchev–Trinajstić information content (AvgIpc) is 2.92. The van der Waals surface area contributed by atoms with Crippen LogP contribution in [0.1, 0.15) is 50.6 Å². The summed E-state index contributed by atoms with van der Waals surface area (Å²) in [6.07, 6.45) is 10.0. The van der Waals surface area contributed by atoms with Gasteiger partial charge in [-0.2, -0.15) is 10.2 Å². The molecule has 0 fully saturated rings. The van der Waals surface area contributed by atoms with Crippen LogP contribution in [-0.4, -0.2) is 10.8 Å². The van der Waals surface area contributed by atoms with E-state index in [0.29, 0.717) is 6.42 Å². The zero-order valence-electron chi connectivity index (χ0n) is 13.2. The van der Waals surface area contributed by atoms with Crippen molar-refractivity contribution in [1.29, 1.82) is 0 Å². The lowest BCUT2D eigenvalue weighted by atomic mass is 9.79. The number of hydrogen-bond acceptors (Lipinski definition) is 4. The Labute approximate surface area is 135 Å². The summed E-state index contributed by atoms with van der Waals surface area (Å²) in [5.41, 5.74) is 6.57. The van der Waals surface area contributed by atoms with Gasteiger partial charge in [-0.05, 0) is 55.0 Å². The van der Waals surface area contributed by atoms with Crippen LogP contribution in [0.2, 0.25) is 0 Å². The van der Waals surface area contributed by atoms with Crippen LogP contribution in [0.3, 0.4) is 0 Å². The molecule has 0 N–H and O–H groups in total. The molecule has 0 bridgehead atoms. The summed E-state index contributed by atoms with van der Waals surface area (Å²) < 4.78 is 0. The van der Waals surface area contributed by atoms with Crippen LogP contribution in [0.25, 0.3) is 0 Å². The van der Waals surface area contributed by atoms with Crippen LogP contribution in [0.5, 0.6) is 0 Å². The highest BCUT2D eigenvalue weighted by molar-refractivity contribution is 6.02. The van der Waals surface area contributed by atoms with Gasteiger partial charge >= 0.3 is 0 Å².